The molecule has 1 aromatic heterocycles. The van der Waals surface area contributed by atoms with Gasteiger partial charge in [0.15, 0.2) is 0 Å². The summed E-state index contributed by atoms with van der Waals surface area (Å²) in [6.45, 7) is 1.42. The molecule has 3 aromatic rings. The summed E-state index contributed by atoms with van der Waals surface area (Å²) in [5.74, 6) is 1.63. The topological polar surface area (TPSA) is 38.1 Å². The number of fused-ring (bicyclic) bond motifs is 1. The molecule has 1 aliphatic carbocycles. The molecular weight excluding hydrogens is 334 g/mol. The highest BCUT2D eigenvalue weighted by molar-refractivity contribution is 6.31. The van der Waals surface area contributed by atoms with Crippen molar-refractivity contribution >= 4 is 28.5 Å². The smallest absolute Gasteiger partial charge is 0.253 e. The van der Waals surface area contributed by atoms with Crippen molar-refractivity contribution in [3.05, 3.63) is 64.9 Å². The summed E-state index contributed by atoms with van der Waals surface area (Å²) >= 11 is 6.18. The van der Waals surface area contributed by atoms with Crippen LogP contribution in [0, 0.1) is 5.92 Å². The molecule has 0 bridgehead atoms. The summed E-state index contributed by atoms with van der Waals surface area (Å²) in [4.78, 5) is 19.1. The molecule has 0 N–H and O–H groups in total. The molecule has 4 rings (SSSR count). The standard InChI is InChI=1S/C20H20ClN3O/c1-23(20(25)15-5-3-2-4-6-15)13-19-22-17-10-9-16(21)11-18(17)24(19)12-14-7-8-14/h2-6,9-11,14H,7-8,12-13H2,1H3. The molecule has 5 heteroatoms. The lowest BCUT2D eigenvalue weighted by Crippen LogP contribution is -2.27. The monoisotopic (exact) mass is 353 g/mol. The Kier molecular flexibility index (Phi) is 4.22. The normalized spacial score (nSPS) is 14.0. The van der Waals surface area contributed by atoms with Crippen LogP contribution in [0.1, 0.15) is 29.0 Å². The molecule has 4 nitrogen and oxygen atoms in total. The van der Waals surface area contributed by atoms with Gasteiger partial charge in [-0.25, -0.2) is 4.98 Å². The number of aromatic nitrogens is 2. The predicted molar refractivity (Wildman–Crippen MR) is 99.7 cm³/mol. The van der Waals surface area contributed by atoms with Crippen LogP contribution in [-0.2, 0) is 13.1 Å². The van der Waals surface area contributed by atoms with Crippen LogP contribution in [0.25, 0.3) is 11.0 Å². The first-order valence-corrected chi connectivity index (χ1v) is 8.95. The quantitative estimate of drug-likeness (QED) is 0.683. The van der Waals surface area contributed by atoms with E-state index in [0.29, 0.717) is 23.0 Å². The Bertz CT molecular complexity index is 915. The molecular formula is C20H20ClN3O. The number of rotatable bonds is 5. The van der Waals surface area contributed by atoms with E-state index in [1.54, 1.807) is 4.90 Å². The van der Waals surface area contributed by atoms with Crippen molar-refractivity contribution < 1.29 is 4.79 Å². The number of amides is 1. The zero-order valence-corrected chi connectivity index (χ0v) is 14.9. The number of halogens is 1. The lowest BCUT2D eigenvalue weighted by molar-refractivity contribution is 0.0780. The van der Waals surface area contributed by atoms with Gasteiger partial charge >= 0.3 is 0 Å². The van der Waals surface area contributed by atoms with Crippen LogP contribution in [0.5, 0.6) is 0 Å². The van der Waals surface area contributed by atoms with E-state index in [0.717, 1.165) is 23.4 Å². The van der Waals surface area contributed by atoms with Gasteiger partial charge in [-0.15, -0.1) is 0 Å². The van der Waals surface area contributed by atoms with Crippen LogP contribution in [0.3, 0.4) is 0 Å². The van der Waals surface area contributed by atoms with Crippen molar-refractivity contribution in [1.82, 2.24) is 14.5 Å². The number of imidazole rings is 1. The number of benzene rings is 2. The third-order valence-electron chi connectivity index (χ3n) is 4.67. The zero-order chi connectivity index (χ0) is 17.4. The summed E-state index contributed by atoms with van der Waals surface area (Å²) in [6.07, 6.45) is 2.52. The van der Waals surface area contributed by atoms with Crippen LogP contribution >= 0.6 is 11.6 Å². The number of nitrogens with zero attached hydrogens (tertiary/aromatic N) is 3. The summed E-state index contributed by atoms with van der Waals surface area (Å²) < 4.78 is 2.23. The highest BCUT2D eigenvalue weighted by Gasteiger charge is 2.25. The van der Waals surface area contributed by atoms with Gasteiger partial charge in [0.05, 0.1) is 17.6 Å². The van der Waals surface area contributed by atoms with Gasteiger partial charge < -0.3 is 9.47 Å². The molecule has 1 saturated carbocycles. The van der Waals surface area contributed by atoms with Crippen LogP contribution in [-0.4, -0.2) is 27.4 Å². The fourth-order valence-electron chi connectivity index (χ4n) is 3.11. The van der Waals surface area contributed by atoms with Crippen LogP contribution in [0.2, 0.25) is 5.02 Å². The second-order valence-electron chi connectivity index (χ2n) is 6.74. The minimum Gasteiger partial charge on any atom is -0.334 e. The molecule has 0 atom stereocenters. The van der Waals surface area contributed by atoms with E-state index in [2.05, 4.69) is 4.57 Å². The highest BCUT2D eigenvalue weighted by Crippen LogP contribution is 2.33. The fraction of sp³-hybridized carbons (Fsp3) is 0.300. The third-order valence-corrected chi connectivity index (χ3v) is 4.91. The SMILES string of the molecule is CN(Cc1nc2ccc(Cl)cc2n1CC1CC1)C(=O)c1ccccc1. The molecule has 1 heterocycles. The van der Waals surface area contributed by atoms with E-state index in [-0.39, 0.29) is 5.91 Å². The van der Waals surface area contributed by atoms with Gasteiger partial charge in [0.1, 0.15) is 5.82 Å². The predicted octanol–water partition coefficient (Wildman–Crippen LogP) is 4.37. The second kappa shape index (κ2) is 6.52. The molecule has 1 aliphatic rings. The van der Waals surface area contributed by atoms with Crippen molar-refractivity contribution in [2.24, 2.45) is 5.92 Å². The van der Waals surface area contributed by atoms with E-state index in [1.807, 2.05) is 55.6 Å². The summed E-state index contributed by atoms with van der Waals surface area (Å²) in [5, 5.41) is 0.713. The number of hydrogen-bond acceptors (Lipinski definition) is 2. The first-order valence-electron chi connectivity index (χ1n) is 8.57. The Morgan fingerprint density at radius 1 is 1.24 bits per heavy atom. The molecule has 25 heavy (non-hydrogen) atoms. The molecule has 1 fully saturated rings. The van der Waals surface area contributed by atoms with Gasteiger partial charge in [-0.05, 0) is 49.1 Å². The zero-order valence-electron chi connectivity index (χ0n) is 14.2. The third kappa shape index (κ3) is 3.40. The van der Waals surface area contributed by atoms with Gasteiger partial charge in [-0.3, -0.25) is 4.79 Å². The maximum Gasteiger partial charge on any atom is 0.253 e. The molecule has 0 spiro atoms. The Hall–Kier alpha value is -2.33. The van der Waals surface area contributed by atoms with Crippen molar-refractivity contribution in [2.75, 3.05) is 7.05 Å². The number of hydrogen-bond donors (Lipinski definition) is 0. The maximum atomic E-state index is 12.6. The summed E-state index contributed by atoms with van der Waals surface area (Å²) in [6, 6.07) is 15.1. The van der Waals surface area contributed by atoms with Crippen molar-refractivity contribution in [3.8, 4) is 0 Å². The number of carbonyl (C=O) groups excluding carboxylic acids is 1. The van der Waals surface area contributed by atoms with Crippen molar-refractivity contribution in [2.45, 2.75) is 25.9 Å². The summed E-state index contributed by atoms with van der Waals surface area (Å²) in [7, 11) is 1.82. The van der Waals surface area contributed by atoms with Crippen molar-refractivity contribution in [3.63, 3.8) is 0 Å². The van der Waals surface area contributed by atoms with Crippen LogP contribution in [0.15, 0.2) is 48.5 Å². The van der Waals surface area contributed by atoms with Gasteiger partial charge in [-0.1, -0.05) is 29.8 Å². The Labute approximate surface area is 152 Å². The van der Waals surface area contributed by atoms with E-state index in [4.69, 9.17) is 16.6 Å². The molecule has 128 valence electrons. The van der Waals surface area contributed by atoms with Gasteiger partial charge in [0.2, 0.25) is 0 Å². The maximum absolute atomic E-state index is 12.6. The molecule has 0 unspecified atom stereocenters. The fourth-order valence-corrected chi connectivity index (χ4v) is 3.28. The van der Waals surface area contributed by atoms with Gasteiger partial charge in [-0.2, -0.15) is 0 Å². The average Bonchev–Trinajstić information content (AvgIpc) is 3.39. The van der Waals surface area contributed by atoms with Gasteiger partial charge in [0, 0.05) is 24.2 Å². The van der Waals surface area contributed by atoms with E-state index < -0.39 is 0 Å². The summed E-state index contributed by atoms with van der Waals surface area (Å²) in [5.41, 5.74) is 2.67. The van der Waals surface area contributed by atoms with Crippen LogP contribution in [0.4, 0.5) is 0 Å². The molecule has 0 saturated heterocycles. The lowest BCUT2D eigenvalue weighted by atomic mass is 10.2. The second-order valence-corrected chi connectivity index (χ2v) is 7.18. The van der Waals surface area contributed by atoms with E-state index >= 15 is 0 Å². The van der Waals surface area contributed by atoms with E-state index in [1.165, 1.54) is 12.8 Å². The number of carbonyl (C=O) groups is 1. The Morgan fingerprint density at radius 3 is 2.72 bits per heavy atom. The van der Waals surface area contributed by atoms with Gasteiger partial charge in [0.25, 0.3) is 5.91 Å². The van der Waals surface area contributed by atoms with E-state index in [9.17, 15) is 4.79 Å². The minimum absolute atomic E-state index is 0.00339. The molecule has 1 amide bonds. The highest BCUT2D eigenvalue weighted by atomic mass is 35.5. The first-order chi connectivity index (χ1) is 12.1. The molecule has 0 radical (unpaired) electrons. The molecule has 0 aliphatic heterocycles. The first kappa shape index (κ1) is 16.2. The van der Waals surface area contributed by atoms with Crippen LogP contribution < -0.4 is 0 Å². The molecule has 2 aromatic carbocycles. The largest absolute Gasteiger partial charge is 0.334 e. The lowest BCUT2D eigenvalue weighted by Gasteiger charge is -2.18. The minimum atomic E-state index is 0.00339. The Balaban J connectivity index is 1.64. The Morgan fingerprint density at radius 2 is 2.00 bits per heavy atom. The van der Waals surface area contributed by atoms with Crippen molar-refractivity contribution in [1.29, 1.82) is 0 Å². The average molecular weight is 354 g/mol.